The highest BCUT2D eigenvalue weighted by molar-refractivity contribution is 5.98. The Morgan fingerprint density at radius 2 is 1.15 bits per heavy atom. The lowest BCUT2D eigenvalue weighted by molar-refractivity contribution is -0.122. The first kappa shape index (κ1) is 21.8. The fraction of sp³-hybridized carbons (Fsp3) is 0.120. The van der Waals surface area contributed by atoms with E-state index in [1.807, 2.05) is 60.7 Å². The molecule has 2 N–H and O–H groups in total. The van der Waals surface area contributed by atoms with Gasteiger partial charge in [-0.1, -0.05) is 48.5 Å². The van der Waals surface area contributed by atoms with Crippen molar-refractivity contribution in [2.24, 2.45) is 10.2 Å². The minimum absolute atomic E-state index is 0.176. The molecule has 2 amide bonds. The molecule has 0 fully saturated rings. The number of rotatable bonds is 8. The minimum atomic E-state index is -0.266. The number of para-hydroxylation sites is 2. The lowest BCUT2D eigenvalue weighted by Gasteiger charge is -2.02. The first-order valence-electron chi connectivity index (χ1n) is 10.5. The summed E-state index contributed by atoms with van der Waals surface area (Å²) in [4.78, 5) is 32.7. The van der Waals surface area contributed by atoms with E-state index in [2.05, 4.69) is 31.0 Å². The summed E-state index contributed by atoms with van der Waals surface area (Å²) in [6.07, 6.45) is 7.30. The molecule has 0 aliphatic carbocycles. The van der Waals surface area contributed by atoms with Crippen LogP contribution in [0.1, 0.15) is 30.4 Å². The van der Waals surface area contributed by atoms with E-state index < -0.39 is 0 Å². The number of hydrogen-bond donors (Lipinski definition) is 2. The third-order valence-corrected chi connectivity index (χ3v) is 4.92. The van der Waals surface area contributed by atoms with Gasteiger partial charge in [0.1, 0.15) is 0 Å². The number of fused-ring (bicyclic) bond motifs is 2. The van der Waals surface area contributed by atoms with Crippen molar-refractivity contribution in [1.82, 2.24) is 20.8 Å². The Morgan fingerprint density at radius 1 is 0.697 bits per heavy atom. The highest BCUT2D eigenvalue weighted by Crippen LogP contribution is 2.14. The van der Waals surface area contributed by atoms with Gasteiger partial charge in [0.15, 0.2) is 0 Å². The number of amides is 2. The fourth-order valence-corrected chi connectivity index (χ4v) is 3.33. The third-order valence-electron chi connectivity index (χ3n) is 4.92. The van der Waals surface area contributed by atoms with E-state index in [9.17, 15) is 9.59 Å². The number of carbonyl (C=O) groups excluding carboxylic acids is 2. The van der Waals surface area contributed by atoms with Crippen molar-refractivity contribution in [3.05, 3.63) is 84.2 Å². The van der Waals surface area contributed by atoms with E-state index in [0.717, 1.165) is 32.9 Å². The number of nitrogens with zero attached hydrogens (tertiary/aromatic N) is 4. The monoisotopic (exact) mass is 438 g/mol. The Morgan fingerprint density at radius 3 is 1.64 bits per heavy atom. The second kappa shape index (κ2) is 10.7. The molecule has 8 nitrogen and oxygen atoms in total. The van der Waals surface area contributed by atoms with Crippen LogP contribution < -0.4 is 10.9 Å². The van der Waals surface area contributed by atoms with Crippen LogP contribution in [0.15, 0.2) is 83.3 Å². The first-order valence-corrected chi connectivity index (χ1v) is 10.5. The number of nitrogens with one attached hydrogen (secondary N) is 2. The summed E-state index contributed by atoms with van der Waals surface area (Å²) in [6.45, 7) is 0. The van der Waals surface area contributed by atoms with Gasteiger partial charge in [-0.05, 0) is 18.6 Å². The number of benzene rings is 2. The molecule has 0 spiro atoms. The molecule has 0 bridgehead atoms. The van der Waals surface area contributed by atoms with Crippen LogP contribution in [-0.4, -0.2) is 34.2 Å². The Bertz CT molecular complexity index is 1240. The van der Waals surface area contributed by atoms with E-state index in [1.54, 1.807) is 24.8 Å². The zero-order valence-electron chi connectivity index (χ0n) is 17.8. The zero-order valence-corrected chi connectivity index (χ0v) is 17.8. The van der Waals surface area contributed by atoms with Crippen LogP contribution in [-0.2, 0) is 9.59 Å². The molecule has 0 saturated carbocycles. The molecule has 164 valence electrons. The molecule has 4 rings (SSSR count). The molecule has 0 unspecified atom stereocenters. The second-order valence-electron chi connectivity index (χ2n) is 7.28. The summed E-state index contributed by atoms with van der Waals surface area (Å²) in [5.41, 5.74) is 8.22. The molecule has 0 saturated heterocycles. The SMILES string of the molecule is O=C(CCCC(=O)N/N=C/c1cccc2cccnc12)N/N=C/c1cccc2cccnc12. The van der Waals surface area contributed by atoms with Crippen LogP contribution in [0.5, 0.6) is 0 Å². The molecule has 8 heteroatoms. The molecule has 0 aliphatic heterocycles. The highest BCUT2D eigenvalue weighted by atomic mass is 16.2. The maximum atomic E-state index is 12.0. The number of aromatic nitrogens is 2. The van der Waals surface area contributed by atoms with E-state index in [0.29, 0.717) is 6.42 Å². The van der Waals surface area contributed by atoms with Gasteiger partial charge in [-0.3, -0.25) is 19.6 Å². The highest BCUT2D eigenvalue weighted by Gasteiger charge is 2.05. The molecule has 4 aromatic rings. The van der Waals surface area contributed by atoms with Gasteiger partial charge in [0, 0.05) is 47.1 Å². The molecular formula is C25H22N6O2. The fourth-order valence-electron chi connectivity index (χ4n) is 3.33. The van der Waals surface area contributed by atoms with Crippen molar-refractivity contribution in [2.75, 3.05) is 0 Å². The maximum Gasteiger partial charge on any atom is 0.240 e. The Labute approximate surface area is 190 Å². The topological polar surface area (TPSA) is 109 Å². The summed E-state index contributed by atoms with van der Waals surface area (Å²) in [6, 6.07) is 19.2. The van der Waals surface area contributed by atoms with Gasteiger partial charge in [0.05, 0.1) is 23.5 Å². The Hall–Kier alpha value is -4.46. The van der Waals surface area contributed by atoms with Crippen molar-refractivity contribution in [2.45, 2.75) is 19.3 Å². The van der Waals surface area contributed by atoms with Gasteiger partial charge in [0.2, 0.25) is 11.8 Å². The number of hydrogen-bond acceptors (Lipinski definition) is 6. The Balaban J connectivity index is 1.20. The Kier molecular flexibility index (Phi) is 7.07. The molecular weight excluding hydrogens is 416 g/mol. The van der Waals surface area contributed by atoms with Crippen molar-refractivity contribution in [1.29, 1.82) is 0 Å². The van der Waals surface area contributed by atoms with E-state index in [4.69, 9.17) is 0 Å². The average Bonchev–Trinajstić information content (AvgIpc) is 2.84. The van der Waals surface area contributed by atoms with Crippen molar-refractivity contribution in [3.63, 3.8) is 0 Å². The van der Waals surface area contributed by atoms with Crippen LogP contribution in [0.25, 0.3) is 21.8 Å². The van der Waals surface area contributed by atoms with E-state index >= 15 is 0 Å². The van der Waals surface area contributed by atoms with Gasteiger partial charge in [-0.25, -0.2) is 10.9 Å². The molecule has 2 aromatic heterocycles. The van der Waals surface area contributed by atoms with Gasteiger partial charge >= 0.3 is 0 Å². The smallest absolute Gasteiger partial charge is 0.240 e. The first-order chi connectivity index (χ1) is 16.2. The van der Waals surface area contributed by atoms with Crippen molar-refractivity contribution in [3.8, 4) is 0 Å². The number of pyridine rings is 2. The van der Waals surface area contributed by atoms with Gasteiger partial charge in [-0.15, -0.1) is 0 Å². The van der Waals surface area contributed by atoms with Gasteiger partial charge < -0.3 is 0 Å². The lowest BCUT2D eigenvalue weighted by atomic mass is 10.1. The molecule has 33 heavy (non-hydrogen) atoms. The van der Waals surface area contributed by atoms with Crippen molar-refractivity contribution >= 4 is 46.0 Å². The predicted octanol–water partition coefficient (Wildman–Crippen LogP) is 3.55. The minimum Gasteiger partial charge on any atom is -0.273 e. The molecule has 0 radical (unpaired) electrons. The third kappa shape index (κ3) is 5.82. The summed E-state index contributed by atoms with van der Waals surface area (Å²) in [7, 11) is 0. The molecule has 2 heterocycles. The molecule has 0 aliphatic rings. The van der Waals surface area contributed by atoms with Crippen LogP contribution in [0.3, 0.4) is 0 Å². The van der Waals surface area contributed by atoms with Crippen LogP contribution in [0.2, 0.25) is 0 Å². The largest absolute Gasteiger partial charge is 0.273 e. The van der Waals surface area contributed by atoms with Crippen LogP contribution >= 0.6 is 0 Å². The van der Waals surface area contributed by atoms with Gasteiger partial charge in [0.25, 0.3) is 0 Å². The number of hydrazone groups is 2. The van der Waals surface area contributed by atoms with Gasteiger partial charge in [-0.2, -0.15) is 10.2 Å². The molecule has 0 atom stereocenters. The average molecular weight is 438 g/mol. The summed E-state index contributed by atoms with van der Waals surface area (Å²) in [5, 5.41) is 10.0. The second-order valence-corrected chi connectivity index (χ2v) is 7.28. The lowest BCUT2D eigenvalue weighted by Crippen LogP contribution is -2.20. The predicted molar refractivity (Wildman–Crippen MR) is 129 cm³/mol. The number of carbonyl (C=O) groups is 2. The van der Waals surface area contributed by atoms with Crippen molar-refractivity contribution < 1.29 is 9.59 Å². The summed E-state index contributed by atoms with van der Waals surface area (Å²) < 4.78 is 0. The van der Waals surface area contributed by atoms with Crippen LogP contribution in [0, 0.1) is 0 Å². The quantitative estimate of drug-likeness (QED) is 0.324. The van der Waals surface area contributed by atoms with E-state index in [1.165, 1.54) is 0 Å². The summed E-state index contributed by atoms with van der Waals surface area (Å²) >= 11 is 0. The maximum absolute atomic E-state index is 12.0. The van der Waals surface area contributed by atoms with Crippen LogP contribution in [0.4, 0.5) is 0 Å². The normalized spacial score (nSPS) is 11.4. The van der Waals surface area contributed by atoms with E-state index in [-0.39, 0.29) is 24.7 Å². The zero-order chi connectivity index (χ0) is 22.9. The molecule has 2 aromatic carbocycles. The standard InChI is InChI=1S/C25H22N6O2/c32-22(30-28-16-20-8-1-6-18-10-4-14-26-24(18)20)12-3-13-23(33)31-29-17-21-9-2-7-19-11-5-15-27-25(19)21/h1-2,4-11,14-17H,3,12-13H2,(H,30,32)(H,31,33)/b28-16+,29-17+. The summed E-state index contributed by atoms with van der Waals surface area (Å²) in [5.74, 6) is -0.532.